The number of benzene rings is 1. The number of sulfonamides is 1. The van der Waals surface area contributed by atoms with Gasteiger partial charge in [0.05, 0.1) is 16.8 Å². The first kappa shape index (κ1) is 13.8. The second-order valence-corrected chi connectivity index (χ2v) is 6.46. The number of hydrogen-bond donors (Lipinski definition) is 2. The van der Waals surface area contributed by atoms with Gasteiger partial charge in [-0.1, -0.05) is 6.07 Å². The molecule has 1 aromatic carbocycles. The molecule has 100 valence electrons. The van der Waals surface area contributed by atoms with Crippen LogP contribution in [0, 0.1) is 6.92 Å². The Hall–Kier alpha value is -1.60. The molecule has 0 saturated heterocycles. The maximum Gasteiger partial charge on any atom is 0.262 e. The van der Waals surface area contributed by atoms with Gasteiger partial charge in [-0.2, -0.15) is 0 Å². The SMILES string of the molecule is Cc1ccc(N)cc1S(=O)(=O)Nc1ccc(Br)nc1. The van der Waals surface area contributed by atoms with Crippen LogP contribution in [0.25, 0.3) is 0 Å². The maximum atomic E-state index is 12.3. The fourth-order valence-corrected chi connectivity index (χ4v) is 3.11. The standard InChI is InChI=1S/C12H12BrN3O2S/c1-8-2-3-9(14)6-11(8)19(17,18)16-10-4-5-12(13)15-7-10/h2-7,16H,14H2,1H3. The van der Waals surface area contributed by atoms with E-state index < -0.39 is 10.0 Å². The van der Waals surface area contributed by atoms with Gasteiger partial charge in [-0.25, -0.2) is 13.4 Å². The van der Waals surface area contributed by atoms with E-state index in [4.69, 9.17) is 5.73 Å². The second-order valence-electron chi connectivity index (χ2n) is 4.00. The van der Waals surface area contributed by atoms with Gasteiger partial charge in [0.25, 0.3) is 10.0 Å². The average molecular weight is 342 g/mol. The van der Waals surface area contributed by atoms with Crippen LogP contribution in [0.5, 0.6) is 0 Å². The molecule has 5 nitrogen and oxygen atoms in total. The summed E-state index contributed by atoms with van der Waals surface area (Å²) in [5.41, 5.74) is 7.05. The summed E-state index contributed by atoms with van der Waals surface area (Å²) in [5, 5.41) is 0. The summed E-state index contributed by atoms with van der Waals surface area (Å²) in [6, 6.07) is 8.05. The van der Waals surface area contributed by atoms with E-state index in [1.54, 1.807) is 31.2 Å². The Morgan fingerprint density at radius 2 is 2.00 bits per heavy atom. The molecule has 0 aliphatic heterocycles. The fraction of sp³-hybridized carbons (Fsp3) is 0.0833. The molecule has 1 heterocycles. The fourth-order valence-electron chi connectivity index (χ4n) is 1.55. The van der Waals surface area contributed by atoms with Crippen LogP contribution < -0.4 is 10.5 Å². The number of nitrogens with zero attached hydrogens (tertiary/aromatic N) is 1. The lowest BCUT2D eigenvalue weighted by Crippen LogP contribution is -2.14. The van der Waals surface area contributed by atoms with E-state index >= 15 is 0 Å². The number of aryl methyl sites for hydroxylation is 1. The van der Waals surface area contributed by atoms with Crippen molar-refractivity contribution in [3.8, 4) is 0 Å². The molecule has 0 spiro atoms. The normalized spacial score (nSPS) is 11.3. The lowest BCUT2D eigenvalue weighted by molar-refractivity contribution is 0.600. The van der Waals surface area contributed by atoms with Crippen LogP contribution in [0.15, 0.2) is 46.0 Å². The summed E-state index contributed by atoms with van der Waals surface area (Å²) >= 11 is 3.19. The molecule has 19 heavy (non-hydrogen) atoms. The maximum absolute atomic E-state index is 12.3. The molecule has 0 bridgehead atoms. The molecule has 2 rings (SSSR count). The zero-order valence-electron chi connectivity index (χ0n) is 10.1. The van der Waals surface area contributed by atoms with Gasteiger partial charge in [0.2, 0.25) is 0 Å². The largest absolute Gasteiger partial charge is 0.399 e. The average Bonchev–Trinajstić information content (AvgIpc) is 2.35. The van der Waals surface area contributed by atoms with E-state index in [1.165, 1.54) is 12.3 Å². The van der Waals surface area contributed by atoms with Gasteiger partial charge in [0, 0.05) is 5.69 Å². The quantitative estimate of drug-likeness (QED) is 0.663. The highest BCUT2D eigenvalue weighted by Crippen LogP contribution is 2.21. The number of nitrogens with one attached hydrogen (secondary N) is 1. The minimum atomic E-state index is -3.66. The monoisotopic (exact) mass is 341 g/mol. The summed E-state index contributed by atoms with van der Waals surface area (Å²) in [7, 11) is -3.66. The molecule has 1 aromatic heterocycles. The topological polar surface area (TPSA) is 85.1 Å². The Morgan fingerprint density at radius 1 is 1.26 bits per heavy atom. The smallest absolute Gasteiger partial charge is 0.262 e. The number of hydrogen-bond acceptors (Lipinski definition) is 4. The highest BCUT2D eigenvalue weighted by molar-refractivity contribution is 9.10. The molecule has 0 amide bonds. The third-order valence-electron chi connectivity index (χ3n) is 2.48. The van der Waals surface area contributed by atoms with Gasteiger partial charge in [0.15, 0.2) is 0 Å². The van der Waals surface area contributed by atoms with Crippen molar-refractivity contribution in [1.29, 1.82) is 0 Å². The van der Waals surface area contributed by atoms with Crippen LogP contribution in [-0.4, -0.2) is 13.4 Å². The van der Waals surface area contributed by atoms with Crippen LogP contribution in [0.2, 0.25) is 0 Å². The van der Waals surface area contributed by atoms with E-state index in [1.807, 2.05) is 0 Å². The van der Waals surface area contributed by atoms with Crippen molar-refractivity contribution in [2.24, 2.45) is 0 Å². The van der Waals surface area contributed by atoms with Crippen molar-refractivity contribution in [2.75, 3.05) is 10.5 Å². The molecule has 0 unspecified atom stereocenters. The molecule has 0 fully saturated rings. The van der Waals surface area contributed by atoms with Crippen LogP contribution in [-0.2, 0) is 10.0 Å². The Bertz CT molecular complexity index is 699. The summed E-state index contributed by atoms with van der Waals surface area (Å²) < 4.78 is 27.6. The van der Waals surface area contributed by atoms with Crippen LogP contribution in [0.1, 0.15) is 5.56 Å². The zero-order valence-corrected chi connectivity index (χ0v) is 12.5. The van der Waals surface area contributed by atoms with E-state index in [2.05, 4.69) is 25.6 Å². The second kappa shape index (κ2) is 5.18. The summed E-state index contributed by atoms with van der Waals surface area (Å²) in [4.78, 5) is 4.12. The molecule has 0 aliphatic rings. The van der Waals surface area contributed by atoms with Gasteiger partial charge in [-0.15, -0.1) is 0 Å². The molecular formula is C12H12BrN3O2S. The van der Waals surface area contributed by atoms with Gasteiger partial charge >= 0.3 is 0 Å². The van der Waals surface area contributed by atoms with Crippen molar-refractivity contribution in [2.45, 2.75) is 11.8 Å². The third kappa shape index (κ3) is 3.24. The number of pyridine rings is 1. The number of rotatable bonds is 3. The van der Waals surface area contributed by atoms with Gasteiger partial charge < -0.3 is 5.73 Å². The number of halogens is 1. The van der Waals surface area contributed by atoms with Crippen LogP contribution in [0.4, 0.5) is 11.4 Å². The molecular weight excluding hydrogens is 330 g/mol. The molecule has 0 atom stereocenters. The first-order valence-electron chi connectivity index (χ1n) is 5.39. The van der Waals surface area contributed by atoms with Crippen molar-refractivity contribution in [3.63, 3.8) is 0 Å². The number of aromatic nitrogens is 1. The van der Waals surface area contributed by atoms with Gasteiger partial charge in [-0.3, -0.25) is 4.72 Å². The predicted molar refractivity (Wildman–Crippen MR) is 78.3 cm³/mol. The lowest BCUT2D eigenvalue weighted by atomic mass is 10.2. The zero-order chi connectivity index (χ0) is 14.0. The van der Waals surface area contributed by atoms with Crippen molar-refractivity contribution < 1.29 is 8.42 Å². The van der Waals surface area contributed by atoms with Gasteiger partial charge in [0.1, 0.15) is 4.60 Å². The Balaban J connectivity index is 2.37. The third-order valence-corrected chi connectivity index (χ3v) is 4.47. The highest BCUT2D eigenvalue weighted by atomic mass is 79.9. The Morgan fingerprint density at radius 3 is 2.63 bits per heavy atom. The molecule has 0 radical (unpaired) electrons. The number of nitrogens with two attached hydrogens (primary N) is 1. The number of anilines is 2. The first-order valence-corrected chi connectivity index (χ1v) is 7.66. The van der Waals surface area contributed by atoms with E-state index in [9.17, 15) is 8.42 Å². The minimum absolute atomic E-state index is 0.162. The lowest BCUT2D eigenvalue weighted by Gasteiger charge is -2.10. The minimum Gasteiger partial charge on any atom is -0.399 e. The molecule has 3 N–H and O–H groups in total. The van der Waals surface area contributed by atoms with E-state index in [0.29, 0.717) is 21.5 Å². The number of nitrogen functional groups attached to an aromatic ring is 1. The first-order chi connectivity index (χ1) is 8.88. The molecule has 0 aliphatic carbocycles. The molecule has 0 saturated carbocycles. The molecule has 2 aromatic rings. The molecule has 7 heteroatoms. The summed E-state index contributed by atoms with van der Waals surface area (Å²) in [5.74, 6) is 0. The van der Waals surface area contributed by atoms with Crippen molar-refractivity contribution >= 4 is 37.3 Å². The summed E-state index contributed by atoms with van der Waals surface area (Å²) in [6.45, 7) is 1.72. The van der Waals surface area contributed by atoms with Crippen LogP contribution in [0.3, 0.4) is 0 Å². The van der Waals surface area contributed by atoms with Crippen LogP contribution >= 0.6 is 15.9 Å². The highest BCUT2D eigenvalue weighted by Gasteiger charge is 2.17. The predicted octanol–water partition coefficient (Wildman–Crippen LogP) is 2.54. The Labute approximate surface area is 120 Å². The Kier molecular flexibility index (Phi) is 3.77. The van der Waals surface area contributed by atoms with E-state index in [-0.39, 0.29) is 4.90 Å². The van der Waals surface area contributed by atoms with Crippen molar-refractivity contribution in [3.05, 3.63) is 46.7 Å². The van der Waals surface area contributed by atoms with Gasteiger partial charge in [-0.05, 0) is 52.7 Å². The van der Waals surface area contributed by atoms with Crippen molar-refractivity contribution in [1.82, 2.24) is 4.98 Å². The summed E-state index contributed by atoms with van der Waals surface area (Å²) in [6.07, 6.45) is 1.43. The van der Waals surface area contributed by atoms with E-state index in [0.717, 1.165) is 0 Å².